The van der Waals surface area contributed by atoms with Crippen LogP contribution < -0.4 is 5.32 Å². The van der Waals surface area contributed by atoms with Crippen LogP contribution in [0, 0.1) is 6.92 Å². The van der Waals surface area contributed by atoms with Crippen LogP contribution in [0.15, 0.2) is 23.1 Å². The predicted molar refractivity (Wildman–Crippen MR) is 74.0 cm³/mol. The molecular formula is C13H18N2O2S. The molecule has 0 radical (unpaired) electrons. The van der Waals surface area contributed by atoms with Crippen molar-refractivity contribution in [1.82, 2.24) is 10.2 Å². The number of likely N-dealkylation sites (N-methyl/N-ethyl adjacent to an activating group) is 1. The average molecular weight is 266 g/mol. The van der Waals surface area contributed by atoms with Crippen LogP contribution in [0.25, 0.3) is 0 Å². The number of thioether (sulfide) groups is 1. The Labute approximate surface area is 112 Å². The molecule has 1 N–H and O–H groups in total. The Kier molecular flexibility index (Phi) is 5.22. The molecule has 1 rings (SSSR count). The first kappa shape index (κ1) is 14.6. The molecule has 0 fully saturated rings. The molecule has 18 heavy (non-hydrogen) atoms. The zero-order chi connectivity index (χ0) is 13.7. The van der Waals surface area contributed by atoms with E-state index in [-0.39, 0.29) is 18.4 Å². The smallest absolute Gasteiger partial charge is 0.252 e. The number of hydrogen-bond acceptors (Lipinski definition) is 3. The average Bonchev–Trinajstić information content (AvgIpc) is 2.35. The molecule has 4 nitrogen and oxygen atoms in total. The fourth-order valence-electron chi connectivity index (χ4n) is 1.38. The van der Waals surface area contributed by atoms with Crippen molar-refractivity contribution in [3.63, 3.8) is 0 Å². The molecule has 1 aromatic rings. The number of nitrogens with one attached hydrogen (secondary N) is 1. The maximum absolute atomic E-state index is 12.0. The molecule has 5 heteroatoms. The third kappa shape index (κ3) is 3.77. The van der Waals surface area contributed by atoms with Gasteiger partial charge in [-0.3, -0.25) is 9.59 Å². The summed E-state index contributed by atoms with van der Waals surface area (Å²) in [5.74, 6) is -0.333. The van der Waals surface area contributed by atoms with Crippen LogP contribution in [-0.2, 0) is 4.79 Å². The van der Waals surface area contributed by atoms with Gasteiger partial charge in [0.25, 0.3) is 5.91 Å². The first-order valence-corrected chi connectivity index (χ1v) is 6.81. The van der Waals surface area contributed by atoms with E-state index in [9.17, 15) is 9.59 Å². The van der Waals surface area contributed by atoms with Gasteiger partial charge in [0.2, 0.25) is 5.91 Å². The summed E-state index contributed by atoms with van der Waals surface area (Å²) in [6.07, 6.45) is 1.96. The van der Waals surface area contributed by atoms with E-state index < -0.39 is 0 Å². The van der Waals surface area contributed by atoms with E-state index >= 15 is 0 Å². The van der Waals surface area contributed by atoms with Crippen molar-refractivity contribution in [2.24, 2.45) is 0 Å². The largest absolute Gasteiger partial charge is 0.347 e. The van der Waals surface area contributed by atoms with Gasteiger partial charge in [-0.25, -0.2) is 0 Å². The van der Waals surface area contributed by atoms with Crippen LogP contribution in [-0.4, -0.2) is 43.6 Å². The highest BCUT2D eigenvalue weighted by atomic mass is 32.2. The Morgan fingerprint density at radius 1 is 1.33 bits per heavy atom. The van der Waals surface area contributed by atoms with Crippen LogP contribution in [0.3, 0.4) is 0 Å². The van der Waals surface area contributed by atoms with Crippen molar-refractivity contribution in [1.29, 1.82) is 0 Å². The number of carbonyl (C=O) groups is 2. The van der Waals surface area contributed by atoms with Crippen LogP contribution in [0.5, 0.6) is 0 Å². The minimum atomic E-state index is -0.210. The van der Waals surface area contributed by atoms with Gasteiger partial charge in [0, 0.05) is 24.6 Å². The van der Waals surface area contributed by atoms with Gasteiger partial charge in [0.15, 0.2) is 0 Å². The Balaban J connectivity index is 2.75. The second kappa shape index (κ2) is 6.44. The van der Waals surface area contributed by atoms with Gasteiger partial charge < -0.3 is 10.2 Å². The van der Waals surface area contributed by atoms with E-state index in [1.54, 1.807) is 25.9 Å². The fourth-order valence-corrected chi connectivity index (χ4v) is 1.82. The maximum Gasteiger partial charge on any atom is 0.252 e. The van der Waals surface area contributed by atoms with Crippen molar-refractivity contribution >= 4 is 23.6 Å². The quantitative estimate of drug-likeness (QED) is 0.841. The second-order valence-corrected chi connectivity index (χ2v) is 5.03. The molecule has 0 saturated heterocycles. The number of hydrogen-bond donors (Lipinski definition) is 1. The molecule has 0 aliphatic heterocycles. The number of carbonyl (C=O) groups excluding carboxylic acids is 2. The molecule has 0 aliphatic carbocycles. The molecule has 2 amide bonds. The predicted octanol–water partition coefficient (Wildman–Crippen LogP) is 1.53. The molecule has 98 valence electrons. The van der Waals surface area contributed by atoms with Gasteiger partial charge in [-0.2, -0.15) is 0 Å². The summed E-state index contributed by atoms with van der Waals surface area (Å²) in [7, 11) is 3.32. The summed E-state index contributed by atoms with van der Waals surface area (Å²) >= 11 is 1.58. The lowest BCUT2D eigenvalue weighted by Crippen LogP contribution is -2.36. The number of nitrogens with zero attached hydrogens (tertiary/aromatic N) is 1. The molecule has 0 heterocycles. The lowest BCUT2D eigenvalue weighted by Gasteiger charge is -2.12. The van der Waals surface area contributed by atoms with Crippen LogP contribution in [0.2, 0.25) is 0 Å². The van der Waals surface area contributed by atoms with Crippen molar-refractivity contribution in [2.75, 3.05) is 26.9 Å². The van der Waals surface area contributed by atoms with Gasteiger partial charge in [-0.15, -0.1) is 11.8 Å². The Hall–Kier alpha value is -1.49. The lowest BCUT2D eigenvalue weighted by molar-refractivity contribution is -0.127. The number of benzene rings is 1. The molecule has 0 saturated carbocycles. The molecule has 0 bridgehead atoms. The number of aryl methyl sites for hydroxylation is 1. The Morgan fingerprint density at radius 2 is 2.00 bits per heavy atom. The number of amides is 2. The van der Waals surface area contributed by atoms with Crippen LogP contribution in [0.1, 0.15) is 15.9 Å². The van der Waals surface area contributed by atoms with E-state index in [0.29, 0.717) is 5.56 Å². The van der Waals surface area contributed by atoms with E-state index in [1.807, 2.05) is 31.4 Å². The summed E-state index contributed by atoms with van der Waals surface area (Å²) in [6, 6.07) is 5.73. The van der Waals surface area contributed by atoms with Crippen LogP contribution in [0.4, 0.5) is 0 Å². The molecule has 0 unspecified atom stereocenters. The minimum absolute atomic E-state index is 0.0226. The molecule has 0 atom stereocenters. The highest BCUT2D eigenvalue weighted by Crippen LogP contribution is 2.18. The van der Waals surface area contributed by atoms with E-state index in [4.69, 9.17) is 0 Å². The topological polar surface area (TPSA) is 49.4 Å². The first-order valence-electron chi connectivity index (χ1n) is 5.58. The summed E-state index contributed by atoms with van der Waals surface area (Å²) in [6.45, 7) is 1.90. The number of rotatable bonds is 4. The van der Waals surface area contributed by atoms with Gasteiger partial charge in [-0.05, 0) is 30.9 Å². The normalized spacial score (nSPS) is 10.0. The molecular weight excluding hydrogens is 248 g/mol. The molecule has 0 spiro atoms. The third-order valence-corrected chi connectivity index (χ3v) is 3.31. The van der Waals surface area contributed by atoms with Crippen molar-refractivity contribution < 1.29 is 9.59 Å². The Bertz CT molecular complexity index is 458. The Morgan fingerprint density at radius 3 is 2.56 bits per heavy atom. The third-order valence-electron chi connectivity index (χ3n) is 2.59. The van der Waals surface area contributed by atoms with Crippen molar-refractivity contribution in [3.05, 3.63) is 29.3 Å². The highest BCUT2D eigenvalue weighted by molar-refractivity contribution is 7.98. The monoisotopic (exact) mass is 266 g/mol. The maximum atomic E-state index is 12.0. The van der Waals surface area contributed by atoms with E-state index in [0.717, 1.165) is 10.5 Å². The summed E-state index contributed by atoms with van der Waals surface area (Å²) in [5, 5.41) is 2.63. The standard InChI is InChI=1S/C13H18N2O2S/c1-9-5-6-10(18-4)7-11(9)13(17)14-8-12(16)15(2)3/h5-7H,8H2,1-4H3,(H,14,17). The summed E-state index contributed by atoms with van der Waals surface area (Å²) in [4.78, 5) is 25.8. The lowest BCUT2D eigenvalue weighted by atomic mass is 10.1. The second-order valence-electron chi connectivity index (χ2n) is 4.15. The van der Waals surface area contributed by atoms with Gasteiger partial charge in [-0.1, -0.05) is 6.07 Å². The van der Waals surface area contributed by atoms with E-state index in [2.05, 4.69) is 5.32 Å². The zero-order valence-corrected chi connectivity index (χ0v) is 11.9. The van der Waals surface area contributed by atoms with Gasteiger partial charge in [0.05, 0.1) is 6.54 Å². The van der Waals surface area contributed by atoms with Crippen LogP contribution >= 0.6 is 11.8 Å². The van der Waals surface area contributed by atoms with Crippen molar-refractivity contribution in [3.8, 4) is 0 Å². The van der Waals surface area contributed by atoms with Gasteiger partial charge in [0.1, 0.15) is 0 Å². The summed E-state index contributed by atoms with van der Waals surface area (Å²) in [5.41, 5.74) is 1.52. The highest BCUT2D eigenvalue weighted by Gasteiger charge is 2.11. The van der Waals surface area contributed by atoms with E-state index in [1.165, 1.54) is 4.90 Å². The molecule has 0 aliphatic rings. The molecule has 0 aromatic heterocycles. The molecule has 1 aromatic carbocycles. The zero-order valence-electron chi connectivity index (χ0n) is 11.1. The summed E-state index contributed by atoms with van der Waals surface area (Å²) < 4.78 is 0. The van der Waals surface area contributed by atoms with Crippen molar-refractivity contribution in [2.45, 2.75) is 11.8 Å². The first-order chi connectivity index (χ1) is 8.45. The fraction of sp³-hybridized carbons (Fsp3) is 0.385. The SMILES string of the molecule is CSc1ccc(C)c(C(=O)NCC(=O)N(C)C)c1. The minimum Gasteiger partial charge on any atom is -0.347 e. The van der Waals surface area contributed by atoms with Gasteiger partial charge >= 0.3 is 0 Å².